The first-order valence-electron chi connectivity index (χ1n) is 13.4. The number of pyridine rings is 1. The molecule has 4 heterocycles. The molecule has 0 unspecified atom stereocenters. The van der Waals surface area contributed by atoms with Gasteiger partial charge in [-0.1, -0.05) is 6.07 Å². The Morgan fingerprint density at radius 2 is 1.88 bits per heavy atom. The summed E-state index contributed by atoms with van der Waals surface area (Å²) in [5.41, 5.74) is 2.54. The van der Waals surface area contributed by atoms with E-state index in [2.05, 4.69) is 26.2 Å². The third kappa shape index (κ3) is 5.21. The summed E-state index contributed by atoms with van der Waals surface area (Å²) in [6.07, 6.45) is 2.03. The zero-order valence-electron chi connectivity index (χ0n) is 22.5. The van der Waals surface area contributed by atoms with Gasteiger partial charge in [0.15, 0.2) is 0 Å². The van der Waals surface area contributed by atoms with Crippen LogP contribution in [0.15, 0.2) is 59.5 Å². The number of methoxy groups -OCH3 is 1. The zero-order valence-corrected chi connectivity index (χ0v) is 22.5. The first kappa shape index (κ1) is 26.4. The number of rotatable bonds is 6. The average Bonchev–Trinajstić information content (AvgIpc) is 2.99. The quantitative estimate of drug-likeness (QED) is 0.387. The Kier molecular flexibility index (Phi) is 7.07. The van der Waals surface area contributed by atoms with Crippen LogP contribution in [0, 0.1) is 17.1 Å². The minimum absolute atomic E-state index is 0.00746. The molecule has 0 radical (unpaired) electrons. The molecule has 0 spiro atoms. The second kappa shape index (κ2) is 11.0. The number of H-pyrrole nitrogens is 1. The maximum Gasteiger partial charge on any atom is 0.272 e. The van der Waals surface area contributed by atoms with Gasteiger partial charge in [0.2, 0.25) is 0 Å². The Hall–Kier alpha value is -4.82. The zero-order chi connectivity index (χ0) is 28.5. The van der Waals surface area contributed by atoms with Crippen LogP contribution < -0.4 is 15.4 Å². The van der Waals surface area contributed by atoms with Crippen molar-refractivity contribution in [3.63, 3.8) is 0 Å². The van der Waals surface area contributed by atoms with Gasteiger partial charge in [-0.05, 0) is 48.0 Å². The standard InChI is InChI=1S/C30H28FN7O3/c1-41-22-17-38(18-22)21-4-5-23-24(14-21)27(34-35-29(23)39)13-19-2-6-26(31)25(12-19)30(40)37-10-8-36(9-11-37)28-7-3-20(15-32)16-33-28/h2-7,12,14,16,22H,8-11,13,17-18H2,1H3,(H,35,39). The van der Waals surface area contributed by atoms with Crippen LogP contribution in [-0.2, 0) is 11.2 Å². The Bertz CT molecular complexity index is 1700. The number of amides is 1. The minimum atomic E-state index is -0.581. The molecule has 2 saturated heterocycles. The first-order valence-corrected chi connectivity index (χ1v) is 13.4. The van der Waals surface area contributed by atoms with Crippen LogP contribution >= 0.6 is 0 Å². The van der Waals surface area contributed by atoms with E-state index in [4.69, 9.17) is 10.00 Å². The predicted octanol–water partition coefficient (Wildman–Crippen LogP) is 2.72. The molecular formula is C30H28FN7O3. The normalized spacial score (nSPS) is 15.6. The number of piperazine rings is 1. The van der Waals surface area contributed by atoms with Crippen molar-refractivity contribution in [2.24, 2.45) is 0 Å². The smallest absolute Gasteiger partial charge is 0.272 e. The molecule has 2 fully saturated rings. The van der Waals surface area contributed by atoms with E-state index >= 15 is 0 Å². The molecule has 1 N–H and O–H groups in total. The summed E-state index contributed by atoms with van der Waals surface area (Å²) in [6, 6.07) is 15.7. The SMILES string of the molecule is COC1CN(c2ccc3c(=O)[nH]nc(Cc4ccc(F)c(C(=O)N5CCN(c6ccc(C#N)cn6)CC5)c4)c3c2)C1. The maximum atomic E-state index is 14.9. The van der Waals surface area contributed by atoms with Gasteiger partial charge >= 0.3 is 0 Å². The monoisotopic (exact) mass is 553 g/mol. The fraction of sp³-hybridized carbons (Fsp3) is 0.300. The van der Waals surface area contributed by atoms with Crippen LogP contribution in [-0.4, -0.2) is 78.5 Å². The average molecular weight is 554 g/mol. The van der Waals surface area contributed by atoms with E-state index in [1.165, 1.54) is 12.3 Å². The molecule has 208 valence electrons. The highest BCUT2D eigenvalue weighted by molar-refractivity contribution is 5.95. The van der Waals surface area contributed by atoms with E-state index in [0.717, 1.165) is 30.0 Å². The second-order valence-electron chi connectivity index (χ2n) is 10.3. The van der Waals surface area contributed by atoms with Gasteiger partial charge in [0.05, 0.1) is 28.3 Å². The molecule has 0 atom stereocenters. The molecule has 10 nitrogen and oxygen atoms in total. The van der Waals surface area contributed by atoms with Gasteiger partial charge in [0.1, 0.15) is 17.7 Å². The van der Waals surface area contributed by atoms with E-state index in [1.807, 2.05) is 17.0 Å². The number of hydrogen-bond acceptors (Lipinski definition) is 8. The highest BCUT2D eigenvalue weighted by atomic mass is 19.1. The van der Waals surface area contributed by atoms with Crippen molar-refractivity contribution in [2.45, 2.75) is 12.5 Å². The van der Waals surface area contributed by atoms with Crippen molar-refractivity contribution in [2.75, 3.05) is 56.2 Å². The van der Waals surface area contributed by atoms with Gasteiger partial charge in [-0.25, -0.2) is 14.5 Å². The third-order valence-electron chi connectivity index (χ3n) is 7.80. The number of carbonyl (C=O) groups excluding carboxylic acids is 1. The van der Waals surface area contributed by atoms with Gasteiger partial charge in [-0.2, -0.15) is 10.4 Å². The van der Waals surface area contributed by atoms with Gasteiger partial charge in [-0.3, -0.25) is 9.59 Å². The Labute approximate surface area is 235 Å². The summed E-state index contributed by atoms with van der Waals surface area (Å²) in [6.45, 7) is 3.47. The van der Waals surface area contributed by atoms with Crippen LogP contribution in [0.1, 0.15) is 27.2 Å². The van der Waals surface area contributed by atoms with Crippen LogP contribution in [0.4, 0.5) is 15.9 Å². The molecule has 11 heteroatoms. The Balaban J connectivity index is 1.19. The molecule has 2 aromatic heterocycles. The molecule has 4 aromatic rings. The number of anilines is 2. The highest BCUT2D eigenvalue weighted by Gasteiger charge is 2.27. The number of ether oxygens (including phenoxy) is 1. The maximum absolute atomic E-state index is 14.9. The summed E-state index contributed by atoms with van der Waals surface area (Å²) in [7, 11) is 1.69. The summed E-state index contributed by atoms with van der Waals surface area (Å²) >= 11 is 0. The lowest BCUT2D eigenvalue weighted by atomic mass is 10.0. The molecule has 41 heavy (non-hydrogen) atoms. The summed E-state index contributed by atoms with van der Waals surface area (Å²) in [5.74, 6) is -0.216. The molecule has 0 bridgehead atoms. The summed E-state index contributed by atoms with van der Waals surface area (Å²) in [4.78, 5) is 36.0. The van der Waals surface area contributed by atoms with E-state index in [0.29, 0.717) is 54.8 Å². The lowest BCUT2D eigenvalue weighted by Crippen LogP contribution is -2.51. The lowest BCUT2D eigenvalue weighted by Gasteiger charge is -2.40. The molecule has 2 aliphatic rings. The van der Waals surface area contributed by atoms with Crippen LogP contribution in [0.25, 0.3) is 10.8 Å². The molecular weight excluding hydrogens is 525 g/mol. The number of halogens is 1. The lowest BCUT2D eigenvalue weighted by molar-refractivity contribution is 0.0741. The topological polar surface area (TPSA) is 118 Å². The van der Waals surface area contributed by atoms with E-state index in [1.54, 1.807) is 42.3 Å². The molecule has 2 aromatic carbocycles. The Morgan fingerprint density at radius 1 is 1.07 bits per heavy atom. The van der Waals surface area contributed by atoms with Gasteiger partial charge < -0.3 is 19.4 Å². The van der Waals surface area contributed by atoms with Crippen molar-refractivity contribution in [1.82, 2.24) is 20.1 Å². The van der Waals surface area contributed by atoms with Crippen LogP contribution in [0.5, 0.6) is 0 Å². The van der Waals surface area contributed by atoms with Crippen molar-refractivity contribution in [3.05, 3.63) is 93.3 Å². The highest BCUT2D eigenvalue weighted by Crippen LogP contribution is 2.28. The number of carbonyl (C=O) groups is 1. The number of fused-ring (bicyclic) bond motifs is 1. The Morgan fingerprint density at radius 3 is 2.59 bits per heavy atom. The van der Waals surface area contributed by atoms with Crippen LogP contribution in [0.3, 0.4) is 0 Å². The van der Waals surface area contributed by atoms with Gasteiger partial charge in [0, 0.05) is 70.1 Å². The number of nitrogens with one attached hydrogen (secondary N) is 1. The number of benzene rings is 2. The van der Waals surface area contributed by atoms with Crippen molar-refractivity contribution in [1.29, 1.82) is 5.26 Å². The van der Waals surface area contributed by atoms with Gasteiger partial charge in [-0.15, -0.1) is 0 Å². The van der Waals surface area contributed by atoms with Crippen LogP contribution in [0.2, 0.25) is 0 Å². The third-order valence-corrected chi connectivity index (χ3v) is 7.80. The van der Waals surface area contributed by atoms with Crippen molar-refractivity contribution >= 4 is 28.2 Å². The number of aromatic nitrogens is 3. The summed E-state index contributed by atoms with van der Waals surface area (Å²) in [5, 5.41) is 17.1. The summed E-state index contributed by atoms with van der Waals surface area (Å²) < 4.78 is 20.3. The molecule has 0 saturated carbocycles. The number of hydrogen-bond donors (Lipinski definition) is 1. The van der Waals surface area contributed by atoms with Gasteiger partial charge in [0.25, 0.3) is 11.5 Å². The van der Waals surface area contributed by atoms with Crippen molar-refractivity contribution < 1.29 is 13.9 Å². The fourth-order valence-corrected chi connectivity index (χ4v) is 5.33. The van der Waals surface area contributed by atoms with E-state index < -0.39 is 5.82 Å². The van der Waals surface area contributed by atoms with E-state index in [9.17, 15) is 14.0 Å². The first-order chi connectivity index (χ1) is 19.9. The minimum Gasteiger partial charge on any atom is -0.378 e. The molecule has 2 aliphatic heterocycles. The molecule has 6 rings (SSSR count). The second-order valence-corrected chi connectivity index (χ2v) is 10.3. The van der Waals surface area contributed by atoms with E-state index in [-0.39, 0.29) is 23.1 Å². The number of aromatic amines is 1. The largest absolute Gasteiger partial charge is 0.378 e. The molecule has 0 aliphatic carbocycles. The predicted molar refractivity (Wildman–Crippen MR) is 152 cm³/mol. The number of nitrogens with zero attached hydrogens (tertiary/aromatic N) is 6. The molecule has 1 amide bonds. The van der Waals surface area contributed by atoms with Crippen molar-refractivity contribution in [3.8, 4) is 6.07 Å². The number of nitriles is 1. The fourth-order valence-electron chi connectivity index (χ4n) is 5.33.